The molecule has 2 aromatic rings. The Morgan fingerprint density at radius 2 is 2.04 bits per heavy atom. The second-order valence-electron chi connectivity index (χ2n) is 6.19. The van der Waals surface area contributed by atoms with E-state index in [1.54, 1.807) is 24.8 Å². The predicted molar refractivity (Wildman–Crippen MR) is 104 cm³/mol. The molecule has 0 amide bonds. The van der Waals surface area contributed by atoms with Crippen LogP contribution in [0.3, 0.4) is 0 Å². The lowest BCUT2D eigenvalue weighted by molar-refractivity contribution is 0.0647. The Morgan fingerprint density at radius 3 is 2.68 bits per heavy atom. The van der Waals surface area contributed by atoms with Crippen LogP contribution in [0.25, 0.3) is 0 Å². The molecular weight excluding hydrogens is 356 g/mol. The zero-order chi connectivity index (χ0) is 17.8. The van der Waals surface area contributed by atoms with Crippen LogP contribution in [0.1, 0.15) is 42.5 Å². The number of nitrogens with zero attached hydrogens (tertiary/aromatic N) is 1. The highest BCUT2D eigenvalue weighted by molar-refractivity contribution is 7.98. The molecule has 1 saturated carbocycles. The van der Waals surface area contributed by atoms with Gasteiger partial charge in [-0.15, -0.1) is 11.8 Å². The maximum absolute atomic E-state index is 12.0. The first-order chi connectivity index (χ1) is 12.1. The van der Waals surface area contributed by atoms with Gasteiger partial charge in [0.05, 0.1) is 10.7 Å². The maximum atomic E-state index is 12.0. The number of hydrogen-bond donors (Lipinski definition) is 1. The summed E-state index contributed by atoms with van der Waals surface area (Å²) in [5, 5.41) is 5.05. The van der Waals surface area contributed by atoms with Crippen LogP contribution in [-0.4, -0.2) is 23.1 Å². The molecule has 132 valence electrons. The number of aromatic amines is 1. The Kier molecular flexibility index (Phi) is 5.86. The number of hydrogen-bond acceptors (Lipinski definition) is 4. The van der Waals surface area contributed by atoms with Gasteiger partial charge in [-0.3, -0.25) is 4.79 Å². The number of aryl methyl sites for hydroxylation is 1. The first kappa shape index (κ1) is 18.1. The number of halogens is 1. The lowest BCUT2D eigenvalue weighted by Gasteiger charge is -2.12. The van der Waals surface area contributed by atoms with E-state index in [4.69, 9.17) is 16.4 Å². The topological polar surface area (TPSA) is 54.4 Å². The van der Waals surface area contributed by atoms with Crippen molar-refractivity contribution in [1.29, 1.82) is 0 Å². The van der Waals surface area contributed by atoms with Crippen LogP contribution in [0.4, 0.5) is 0 Å². The van der Waals surface area contributed by atoms with Gasteiger partial charge in [0.15, 0.2) is 0 Å². The Hall–Kier alpha value is -1.72. The molecule has 0 unspecified atom stereocenters. The molecule has 1 N–H and O–H groups in total. The fraction of sp³-hybridized carbons (Fsp3) is 0.368. The molecule has 6 heteroatoms. The minimum absolute atomic E-state index is 0.127. The molecule has 1 aliphatic rings. The number of nitrogens with one attached hydrogen (secondary N) is 1. The van der Waals surface area contributed by atoms with Crippen molar-refractivity contribution in [2.45, 2.75) is 43.6 Å². The molecule has 0 spiro atoms. The van der Waals surface area contributed by atoms with Gasteiger partial charge >= 0.3 is 0 Å². The molecule has 0 atom stereocenters. The fourth-order valence-electron chi connectivity index (χ4n) is 2.88. The van der Waals surface area contributed by atoms with Crippen LogP contribution < -0.4 is 5.56 Å². The van der Waals surface area contributed by atoms with Gasteiger partial charge in [0.2, 0.25) is 0 Å². The molecular formula is C19H21ClN2O2S. The second-order valence-corrected chi connectivity index (χ2v) is 7.44. The standard InChI is InChI=1S/C19H21ClN2O2S/c1-12-7-9-16(21-19(12)23)18(22-24-14-5-3-4-6-14)13-8-10-17(25-2)15(20)11-13/h7-11,14H,3-6H2,1-2H3,(H,21,23)/b22-18-. The average molecular weight is 377 g/mol. The zero-order valence-corrected chi connectivity index (χ0v) is 15.9. The summed E-state index contributed by atoms with van der Waals surface area (Å²) in [7, 11) is 0. The largest absolute Gasteiger partial charge is 0.392 e. The van der Waals surface area contributed by atoms with Crippen LogP contribution in [0.2, 0.25) is 5.02 Å². The van der Waals surface area contributed by atoms with Crippen molar-refractivity contribution < 1.29 is 4.84 Å². The van der Waals surface area contributed by atoms with Crippen LogP contribution in [0.5, 0.6) is 0 Å². The highest BCUT2D eigenvalue weighted by Crippen LogP contribution is 2.27. The minimum atomic E-state index is -0.127. The van der Waals surface area contributed by atoms with Gasteiger partial charge in [-0.05, 0) is 57.1 Å². The molecule has 3 rings (SSSR count). The van der Waals surface area contributed by atoms with Gasteiger partial charge < -0.3 is 9.82 Å². The van der Waals surface area contributed by atoms with Crippen molar-refractivity contribution in [3.63, 3.8) is 0 Å². The SMILES string of the molecule is CSc1ccc(/C(=N/OC2CCCC2)c2ccc(C)c(=O)[nH]2)cc1Cl. The summed E-state index contributed by atoms with van der Waals surface area (Å²) in [4.78, 5) is 21.7. The number of H-pyrrole nitrogens is 1. The summed E-state index contributed by atoms with van der Waals surface area (Å²) < 4.78 is 0. The third kappa shape index (κ3) is 4.28. The predicted octanol–water partition coefficient (Wildman–Crippen LogP) is 4.77. The summed E-state index contributed by atoms with van der Waals surface area (Å²) in [6.45, 7) is 1.78. The fourth-order valence-corrected chi connectivity index (χ4v) is 3.75. The lowest BCUT2D eigenvalue weighted by Crippen LogP contribution is -2.17. The van der Waals surface area contributed by atoms with Crippen LogP contribution in [-0.2, 0) is 4.84 Å². The van der Waals surface area contributed by atoms with Crippen molar-refractivity contribution in [2.24, 2.45) is 5.16 Å². The van der Waals surface area contributed by atoms with Crippen molar-refractivity contribution in [2.75, 3.05) is 6.26 Å². The third-order valence-electron chi connectivity index (χ3n) is 4.38. The zero-order valence-electron chi connectivity index (χ0n) is 14.3. The quantitative estimate of drug-likeness (QED) is 0.464. The molecule has 1 aromatic carbocycles. The Morgan fingerprint density at radius 1 is 1.28 bits per heavy atom. The normalized spacial score (nSPS) is 15.6. The summed E-state index contributed by atoms with van der Waals surface area (Å²) in [6, 6.07) is 9.41. The van der Waals surface area contributed by atoms with E-state index in [9.17, 15) is 4.79 Å². The number of pyridine rings is 1. The average Bonchev–Trinajstić information content (AvgIpc) is 3.12. The highest BCUT2D eigenvalue weighted by Gasteiger charge is 2.18. The Bertz CT molecular complexity index is 842. The summed E-state index contributed by atoms with van der Waals surface area (Å²) in [5.74, 6) is 0. The van der Waals surface area contributed by atoms with Crippen LogP contribution >= 0.6 is 23.4 Å². The van der Waals surface area contributed by atoms with Gasteiger partial charge in [-0.25, -0.2) is 0 Å². The van der Waals surface area contributed by atoms with Crippen molar-refractivity contribution in [3.05, 3.63) is 62.5 Å². The molecule has 0 bridgehead atoms. The van der Waals surface area contributed by atoms with E-state index in [1.165, 1.54) is 12.8 Å². The van der Waals surface area contributed by atoms with Crippen molar-refractivity contribution in [1.82, 2.24) is 4.98 Å². The minimum Gasteiger partial charge on any atom is -0.392 e. The molecule has 1 heterocycles. The number of rotatable bonds is 5. The first-order valence-electron chi connectivity index (χ1n) is 8.36. The lowest BCUT2D eigenvalue weighted by atomic mass is 10.1. The van der Waals surface area contributed by atoms with E-state index in [-0.39, 0.29) is 11.7 Å². The summed E-state index contributed by atoms with van der Waals surface area (Å²) >= 11 is 7.95. The Balaban J connectivity index is 2.01. The van der Waals surface area contributed by atoms with Gasteiger partial charge in [-0.2, -0.15) is 0 Å². The second kappa shape index (κ2) is 8.11. The van der Waals surface area contributed by atoms with Crippen LogP contribution in [0.15, 0.2) is 45.2 Å². The molecule has 0 saturated heterocycles. The molecule has 1 aliphatic carbocycles. The van der Waals surface area contributed by atoms with Crippen LogP contribution in [0, 0.1) is 6.92 Å². The highest BCUT2D eigenvalue weighted by atomic mass is 35.5. The number of thioether (sulfide) groups is 1. The van der Waals surface area contributed by atoms with E-state index in [2.05, 4.69) is 10.1 Å². The number of oxime groups is 1. The number of aromatic nitrogens is 1. The Labute approximate surface area is 156 Å². The number of benzene rings is 1. The van der Waals surface area contributed by atoms with E-state index >= 15 is 0 Å². The maximum Gasteiger partial charge on any atom is 0.251 e. The van der Waals surface area contributed by atoms with Gasteiger partial charge in [0.25, 0.3) is 5.56 Å². The van der Waals surface area contributed by atoms with Gasteiger partial charge in [0.1, 0.15) is 11.8 Å². The van der Waals surface area contributed by atoms with E-state index < -0.39 is 0 Å². The van der Waals surface area contributed by atoms with Crippen molar-refractivity contribution >= 4 is 29.1 Å². The molecule has 1 aromatic heterocycles. The molecule has 25 heavy (non-hydrogen) atoms. The van der Waals surface area contributed by atoms with E-state index in [0.717, 1.165) is 23.3 Å². The van der Waals surface area contributed by atoms with Gasteiger partial charge in [0, 0.05) is 16.0 Å². The summed E-state index contributed by atoms with van der Waals surface area (Å²) in [5.41, 5.74) is 2.58. The third-order valence-corrected chi connectivity index (χ3v) is 5.60. The smallest absolute Gasteiger partial charge is 0.251 e. The van der Waals surface area contributed by atoms with Crippen molar-refractivity contribution in [3.8, 4) is 0 Å². The molecule has 1 fully saturated rings. The van der Waals surface area contributed by atoms with Gasteiger partial charge in [-0.1, -0.05) is 28.9 Å². The molecule has 0 radical (unpaired) electrons. The van der Waals surface area contributed by atoms with E-state index in [1.807, 2.05) is 30.5 Å². The first-order valence-corrected chi connectivity index (χ1v) is 9.97. The molecule has 4 nitrogen and oxygen atoms in total. The molecule has 0 aliphatic heterocycles. The monoisotopic (exact) mass is 376 g/mol. The summed E-state index contributed by atoms with van der Waals surface area (Å²) in [6.07, 6.45) is 6.52. The van der Waals surface area contributed by atoms with E-state index in [0.29, 0.717) is 22.0 Å².